The molecular formula is C16H30. The van der Waals surface area contributed by atoms with Gasteiger partial charge in [0.15, 0.2) is 0 Å². The van der Waals surface area contributed by atoms with Crippen molar-refractivity contribution in [3.63, 3.8) is 0 Å². The third kappa shape index (κ3) is 6.66. The number of hydrogen-bond acceptors (Lipinski definition) is 0. The second-order valence-corrected chi connectivity index (χ2v) is 4.30. The molecule has 1 rings (SSSR count). The van der Waals surface area contributed by atoms with E-state index in [9.17, 15) is 0 Å². The first-order valence-corrected chi connectivity index (χ1v) is 6.63. The summed E-state index contributed by atoms with van der Waals surface area (Å²) >= 11 is 0. The predicted molar refractivity (Wildman–Crippen MR) is 77.2 cm³/mol. The van der Waals surface area contributed by atoms with Gasteiger partial charge >= 0.3 is 0 Å². The molecule has 16 heavy (non-hydrogen) atoms. The van der Waals surface area contributed by atoms with Gasteiger partial charge < -0.3 is 0 Å². The minimum atomic E-state index is 0.284. The van der Waals surface area contributed by atoms with Gasteiger partial charge in [0.05, 0.1) is 0 Å². The van der Waals surface area contributed by atoms with Crippen LogP contribution in [-0.4, -0.2) is 0 Å². The van der Waals surface area contributed by atoms with E-state index in [1.165, 1.54) is 11.1 Å². The summed E-state index contributed by atoms with van der Waals surface area (Å²) in [4.78, 5) is 0. The summed E-state index contributed by atoms with van der Waals surface area (Å²) in [5, 5.41) is 0. The summed E-state index contributed by atoms with van der Waals surface area (Å²) in [6.45, 7) is 16.9. The van der Waals surface area contributed by atoms with Gasteiger partial charge in [0.25, 0.3) is 0 Å². The lowest BCUT2D eigenvalue weighted by molar-refractivity contribution is 0.590. The van der Waals surface area contributed by atoms with E-state index in [0.717, 1.165) is 6.42 Å². The molecule has 0 aromatic heterocycles. The molecule has 94 valence electrons. The Kier molecular flexibility index (Phi) is 10.4. The standard InChI is InChI=1S/C12H18.2C2H6/c1-5-10-6-8-11(9-7-10)12(2,3)4;2*1-2/h6-9H,5H2,1-4H3;2*1-2H3. The Bertz CT molecular complexity index is 236. The van der Waals surface area contributed by atoms with Gasteiger partial charge in [-0.15, -0.1) is 0 Å². The first-order chi connectivity index (χ1) is 7.54. The molecule has 0 heterocycles. The van der Waals surface area contributed by atoms with Crippen LogP contribution < -0.4 is 0 Å². The maximum absolute atomic E-state index is 2.24. The predicted octanol–water partition coefficient (Wildman–Crippen LogP) is 5.60. The molecule has 1 aromatic rings. The van der Waals surface area contributed by atoms with Crippen LogP contribution in [0.2, 0.25) is 0 Å². The lowest BCUT2D eigenvalue weighted by Crippen LogP contribution is -2.10. The first kappa shape index (κ1) is 17.6. The maximum atomic E-state index is 2.24. The van der Waals surface area contributed by atoms with Crippen molar-refractivity contribution in [3.8, 4) is 0 Å². The van der Waals surface area contributed by atoms with E-state index >= 15 is 0 Å². The monoisotopic (exact) mass is 222 g/mol. The van der Waals surface area contributed by atoms with E-state index in [0.29, 0.717) is 0 Å². The average Bonchev–Trinajstić information content (AvgIpc) is 2.33. The first-order valence-electron chi connectivity index (χ1n) is 6.63. The van der Waals surface area contributed by atoms with Crippen LogP contribution in [0.5, 0.6) is 0 Å². The average molecular weight is 222 g/mol. The van der Waals surface area contributed by atoms with Crippen LogP contribution in [0.1, 0.15) is 66.5 Å². The second kappa shape index (κ2) is 9.45. The Hall–Kier alpha value is -0.780. The van der Waals surface area contributed by atoms with Gasteiger partial charge in [0, 0.05) is 0 Å². The lowest BCUT2D eigenvalue weighted by atomic mass is 9.86. The molecule has 0 N–H and O–H groups in total. The third-order valence-corrected chi connectivity index (χ3v) is 2.23. The molecule has 0 unspecified atom stereocenters. The highest BCUT2D eigenvalue weighted by Gasteiger charge is 2.12. The zero-order chi connectivity index (χ0) is 13.2. The van der Waals surface area contributed by atoms with Gasteiger partial charge in [-0.1, -0.05) is 79.7 Å². The van der Waals surface area contributed by atoms with Crippen molar-refractivity contribution in [2.45, 2.75) is 67.2 Å². The zero-order valence-electron chi connectivity index (χ0n) is 12.5. The number of aryl methyl sites for hydroxylation is 1. The quantitative estimate of drug-likeness (QED) is 0.580. The van der Waals surface area contributed by atoms with Gasteiger partial charge in [0.1, 0.15) is 0 Å². The smallest absolute Gasteiger partial charge is 0.0132 e. The summed E-state index contributed by atoms with van der Waals surface area (Å²) in [5.41, 5.74) is 3.12. The van der Waals surface area contributed by atoms with Gasteiger partial charge in [0.2, 0.25) is 0 Å². The number of rotatable bonds is 1. The molecule has 0 radical (unpaired) electrons. The number of hydrogen-bond donors (Lipinski definition) is 0. The molecule has 0 saturated carbocycles. The van der Waals surface area contributed by atoms with E-state index in [1.54, 1.807) is 0 Å². The van der Waals surface area contributed by atoms with Crippen LogP contribution in [0.3, 0.4) is 0 Å². The normalized spacial score (nSPS) is 9.50. The molecule has 0 aliphatic carbocycles. The Morgan fingerprint density at radius 2 is 1.19 bits per heavy atom. The Morgan fingerprint density at radius 1 is 0.812 bits per heavy atom. The molecule has 0 aliphatic rings. The van der Waals surface area contributed by atoms with Crippen molar-refractivity contribution in [2.75, 3.05) is 0 Å². The largest absolute Gasteiger partial charge is 0.0683 e. The van der Waals surface area contributed by atoms with E-state index in [4.69, 9.17) is 0 Å². The Morgan fingerprint density at radius 3 is 1.44 bits per heavy atom. The summed E-state index contributed by atoms with van der Waals surface area (Å²) in [6, 6.07) is 8.92. The highest BCUT2D eigenvalue weighted by molar-refractivity contribution is 5.27. The molecule has 0 heteroatoms. The third-order valence-electron chi connectivity index (χ3n) is 2.23. The Balaban J connectivity index is 0. The maximum Gasteiger partial charge on any atom is -0.0132 e. The van der Waals surface area contributed by atoms with E-state index in [2.05, 4.69) is 52.0 Å². The molecule has 0 aliphatic heterocycles. The van der Waals surface area contributed by atoms with E-state index in [1.807, 2.05) is 27.7 Å². The lowest BCUT2D eigenvalue weighted by Gasteiger charge is -2.18. The fourth-order valence-corrected chi connectivity index (χ4v) is 1.24. The van der Waals surface area contributed by atoms with Crippen molar-refractivity contribution in [1.82, 2.24) is 0 Å². The van der Waals surface area contributed by atoms with Crippen LogP contribution in [0.4, 0.5) is 0 Å². The van der Waals surface area contributed by atoms with Gasteiger partial charge in [-0.3, -0.25) is 0 Å². The minimum absolute atomic E-state index is 0.284. The molecular weight excluding hydrogens is 192 g/mol. The summed E-state index contributed by atoms with van der Waals surface area (Å²) in [6.07, 6.45) is 1.13. The van der Waals surface area contributed by atoms with Crippen LogP contribution in [0, 0.1) is 0 Å². The highest BCUT2D eigenvalue weighted by atomic mass is 14.2. The molecule has 1 aromatic carbocycles. The van der Waals surface area contributed by atoms with Gasteiger partial charge in [-0.25, -0.2) is 0 Å². The van der Waals surface area contributed by atoms with E-state index < -0.39 is 0 Å². The minimum Gasteiger partial charge on any atom is -0.0683 e. The molecule has 0 saturated heterocycles. The topological polar surface area (TPSA) is 0 Å². The zero-order valence-corrected chi connectivity index (χ0v) is 12.5. The van der Waals surface area contributed by atoms with Crippen LogP contribution in [0.25, 0.3) is 0 Å². The van der Waals surface area contributed by atoms with Crippen molar-refractivity contribution in [2.24, 2.45) is 0 Å². The Labute approximate surface area is 103 Å². The molecule has 0 bridgehead atoms. The second-order valence-electron chi connectivity index (χ2n) is 4.30. The fraction of sp³-hybridized carbons (Fsp3) is 0.625. The van der Waals surface area contributed by atoms with Crippen LogP contribution in [-0.2, 0) is 11.8 Å². The van der Waals surface area contributed by atoms with Crippen molar-refractivity contribution < 1.29 is 0 Å². The van der Waals surface area contributed by atoms with Crippen molar-refractivity contribution >= 4 is 0 Å². The van der Waals surface area contributed by atoms with Crippen LogP contribution >= 0.6 is 0 Å². The highest BCUT2D eigenvalue weighted by Crippen LogP contribution is 2.22. The summed E-state index contributed by atoms with van der Waals surface area (Å²) in [5.74, 6) is 0. The van der Waals surface area contributed by atoms with Crippen LogP contribution in [0.15, 0.2) is 24.3 Å². The molecule has 0 atom stereocenters. The van der Waals surface area contributed by atoms with Crippen molar-refractivity contribution in [1.29, 1.82) is 0 Å². The van der Waals surface area contributed by atoms with Gasteiger partial charge in [-0.05, 0) is 23.0 Å². The summed E-state index contributed by atoms with van der Waals surface area (Å²) < 4.78 is 0. The molecule has 0 amide bonds. The molecule has 0 nitrogen and oxygen atoms in total. The SMILES string of the molecule is CC.CC.CCc1ccc(C(C)(C)C)cc1. The van der Waals surface area contributed by atoms with Crippen molar-refractivity contribution in [3.05, 3.63) is 35.4 Å². The van der Waals surface area contributed by atoms with Gasteiger partial charge in [-0.2, -0.15) is 0 Å². The fourth-order valence-electron chi connectivity index (χ4n) is 1.24. The summed E-state index contributed by atoms with van der Waals surface area (Å²) in [7, 11) is 0. The molecule has 0 spiro atoms. The van der Waals surface area contributed by atoms with E-state index in [-0.39, 0.29) is 5.41 Å². The molecule has 0 fully saturated rings. The number of benzene rings is 1.